The fraction of sp³-hybridized carbons (Fsp3) is 0.657. The largest absolute Gasteiger partial charge is 0.465 e. The third-order valence-corrected chi connectivity index (χ3v) is 7.41. The van der Waals surface area contributed by atoms with Gasteiger partial charge in [0.2, 0.25) is 12.1 Å². The highest BCUT2D eigenvalue weighted by atomic mass is 16.6. The number of alkyl carbamates (subject to hydrolysis) is 1. The topological polar surface area (TPSA) is 220 Å². The molecule has 0 heterocycles. The van der Waals surface area contributed by atoms with Crippen LogP contribution in [0, 0.1) is 0 Å². The van der Waals surface area contributed by atoms with Gasteiger partial charge in [-0.2, -0.15) is 0 Å². The molecule has 288 valence electrons. The van der Waals surface area contributed by atoms with Crippen LogP contribution in [0.2, 0.25) is 0 Å². The van der Waals surface area contributed by atoms with Crippen molar-refractivity contribution in [3.8, 4) is 0 Å². The molecule has 0 aromatic heterocycles. The third kappa shape index (κ3) is 23.6. The zero-order chi connectivity index (χ0) is 38.1. The van der Waals surface area contributed by atoms with Crippen LogP contribution in [0.1, 0.15) is 91.0 Å². The van der Waals surface area contributed by atoms with Gasteiger partial charge < -0.3 is 35.6 Å². The van der Waals surface area contributed by atoms with Gasteiger partial charge in [0.15, 0.2) is 0 Å². The van der Waals surface area contributed by atoms with Gasteiger partial charge in [-0.1, -0.05) is 56.0 Å². The lowest BCUT2D eigenvalue weighted by atomic mass is 10.1. The highest BCUT2D eigenvalue weighted by Gasteiger charge is 2.25. The van der Waals surface area contributed by atoms with Crippen LogP contribution in [0.3, 0.4) is 0 Å². The molecular weight excluding hydrogens is 662 g/mol. The summed E-state index contributed by atoms with van der Waals surface area (Å²) in [5.41, 5.74) is 0.432. The van der Waals surface area contributed by atoms with E-state index in [0.717, 1.165) is 58.2 Å². The van der Waals surface area contributed by atoms with E-state index in [1.54, 1.807) is 20.8 Å². The first-order chi connectivity index (χ1) is 24.2. The molecule has 51 heavy (non-hydrogen) atoms. The van der Waals surface area contributed by atoms with Gasteiger partial charge in [-0.25, -0.2) is 14.4 Å². The zero-order valence-electron chi connectivity index (χ0n) is 30.8. The highest BCUT2D eigenvalue weighted by molar-refractivity contribution is 6.03. The first-order valence-electron chi connectivity index (χ1n) is 17.6. The number of unbranched alkanes of at least 4 members (excludes halogenated alkanes) is 6. The minimum Gasteiger partial charge on any atom is -0.465 e. The van der Waals surface area contributed by atoms with E-state index < -0.39 is 41.8 Å². The van der Waals surface area contributed by atoms with Crippen molar-refractivity contribution in [2.75, 3.05) is 39.8 Å². The molecular formula is C35H59N7O9. The zero-order valence-corrected chi connectivity index (χ0v) is 30.8. The number of aliphatic imine (C=N–C) groups is 1. The number of benzene rings is 1. The molecule has 0 bridgehead atoms. The minimum atomic E-state index is -1.35. The van der Waals surface area contributed by atoms with E-state index in [9.17, 15) is 24.0 Å². The van der Waals surface area contributed by atoms with Gasteiger partial charge in [0, 0.05) is 45.9 Å². The van der Waals surface area contributed by atoms with E-state index in [1.807, 2.05) is 25.1 Å². The number of nitrogens with one attached hydrogen (secondary N) is 5. The van der Waals surface area contributed by atoms with Crippen molar-refractivity contribution in [3.05, 3.63) is 35.9 Å². The maximum atomic E-state index is 12.7. The van der Waals surface area contributed by atoms with E-state index in [1.165, 1.54) is 12.7 Å². The summed E-state index contributed by atoms with van der Waals surface area (Å²) in [6, 6.07) is 9.88. The molecule has 0 aliphatic heterocycles. The van der Waals surface area contributed by atoms with Crippen molar-refractivity contribution in [3.63, 3.8) is 0 Å². The molecule has 7 N–H and O–H groups in total. The molecule has 0 fully saturated rings. The van der Waals surface area contributed by atoms with Crippen molar-refractivity contribution in [2.45, 2.75) is 110 Å². The predicted molar refractivity (Wildman–Crippen MR) is 194 cm³/mol. The Morgan fingerprint density at radius 1 is 0.804 bits per heavy atom. The number of hydrogen-bond acceptors (Lipinski definition) is 9. The number of carboxylic acid groups (broad SMARTS) is 2. The molecule has 0 radical (unpaired) electrons. The Hall–Kier alpha value is -4.44. The Morgan fingerprint density at radius 2 is 1.39 bits per heavy atom. The average molecular weight is 722 g/mol. The van der Waals surface area contributed by atoms with Crippen molar-refractivity contribution in [2.24, 2.45) is 4.99 Å². The summed E-state index contributed by atoms with van der Waals surface area (Å²) >= 11 is 0. The van der Waals surface area contributed by atoms with Crippen molar-refractivity contribution >= 4 is 36.1 Å². The molecule has 2 unspecified atom stereocenters. The Labute approximate surface area is 301 Å². The number of hydrogen-bond donors (Lipinski definition) is 7. The van der Waals surface area contributed by atoms with Gasteiger partial charge in [0.05, 0.1) is 0 Å². The molecule has 0 aliphatic rings. The molecule has 0 spiro atoms. The van der Waals surface area contributed by atoms with Crippen molar-refractivity contribution in [1.82, 2.24) is 31.5 Å². The van der Waals surface area contributed by atoms with E-state index in [4.69, 9.17) is 19.7 Å². The normalized spacial score (nSPS) is 12.8. The molecule has 16 heteroatoms. The number of carbonyl (C=O) groups excluding carboxylic acids is 3. The molecule has 0 aliphatic carbocycles. The van der Waals surface area contributed by atoms with Crippen LogP contribution in [0.25, 0.3) is 0 Å². The van der Waals surface area contributed by atoms with Gasteiger partial charge in [0.1, 0.15) is 5.60 Å². The maximum absolute atomic E-state index is 12.7. The molecule has 0 saturated carbocycles. The van der Waals surface area contributed by atoms with Gasteiger partial charge in [-0.3, -0.25) is 30.1 Å². The van der Waals surface area contributed by atoms with E-state index in [2.05, 4.69) is 48.6 Å². The van der Waals surface area contributed by atoms with E-state index in [-0.39, 0.29) is 12.0 Å². The van der Waals surface area contributed by atoms with E-state index >= 15 is 0 Å². The summed E-state index contributed by atoms with van der Waals surface area (Å²) in [4.78, 5) is 65.5. The molecule has 1 aromatic carbocycles. The summed E-state index contributed by atoms with van der Waals surface area (Å²) in [5, 5.41) is 30.4. The second kappa shape index (κ2) is 25.5. The Kier molecular flexibility index (Phi) is 22.3. The summed E-state index contributed by atoms with van der Waals surface area (Å²) in [7, 11) is 1.32. The SMILES string of the molecule is COC(C(=O)NCCCCCCCCN=C(NC(=O)O)NC(=O)OC(C)(C)C)C(=O)NCCCCN(CCC(C)NC(=O)O)Cc1ccccc1. The number of rotatable bonds is 23. The first-order valence-corrected chi connectivity index (χ1v) is 17.6. The second-order valence-electron chi connectivity index (χ2n) is 13.2. The number of methoxy groups -OCH3 is 1. The van der Waals surface area contributed by atoms with Gasteiger partial charge in [0.25, 0.3) is 11.8 Å². The van der Waals surface area contributed by atoms with Crippen LogP contribution in [-0.2, 0) is 25.6 Å². The van der Waals surface area contributed by atoms with Crippen LogP contribution in [0.15, 0.2) is 35.3 Å². The Bertz CT molecular complexity index is 1230. The van der Waals surface area contributed by atoms with Gasteiger partial charge in [-0.15, -0.1) is 0 Å². The van der Waals surface area contributed by atoms with Crippen LogP contribution < -0.4 is 26.6 Å². The lowest BCUT2D eigenvalue weighted by molar-refractivity contribution is -0.143. The molecule has 5 amide bonds. The van der Waals surface area contributed by atoms with Crippen LogP contribution in [-0.4, -0.2) is 109 Å². The quantitative estimate of drug-likeness (QED) is 0.0372. The molecule has 0 saturated heterocycles. The summed E-state index contributed by atoms with van der Waals surface area (Å²) < 4.78 is 10.3. The monoisotopic (exact) mass is 721 g/mol. The summed E-state index contributed by atoms with van der Waals surface area (Å²) in [6.07, 6.45) is 2.74. The van der Waals surface area contributed by atoms with Crippen molar-refractivity contribution < 1.29 is 43.7 Å². The lowest BCUT2D eigenvalue weighted by Gasteiger charge is -2.24. The number of guanidine groups is 1. The molecule has 1 aromatic rings. The molecule has 16 nitrogen and oxygen atoms in total. The number of carbonyl (C=O) groups is 5. The Balaban J connectivity index is 2.30. The number of nitrogens with zero attached hydrogens (tertiary/aromatic N) is 2. The lowest BCUT2D eigenvalue weighted by Crippen LogP contribution is -2.47. The number of ether oxygens (including phenoxy) is 2. The summed E-state index contributed by atoms with van der Waals surface area (Å²) in [5.74, 6) is -1.17. The molecule has 1 rings (SSSR count). The van der Waals surface area contributed by atoms with Crippen LogP contribution >= 0.6 is 0 Å². The fourth-order valence-corrected chi connectivity index (χ4v) is 4.92. The van der Waals surface area contributed by atoms with Gasteiger partial charge >= 0.3 is 18.3 Å². The fourth-order valence-electron chi connectivity index (χ4n) is 4.92. The van der Waals surface area contributed by atoms with E-state index in [0.29, 0.717) is 38.9 Å². The smallest absolute Gasteiger partial charge is 0.414 e. The second-order valence-corrected chi connectivity index (χ2v) is 13.2. The number of amides is 5. The van der Waals surface area contributed by atoms with Gasteiger partial charge in [-0.05, 0) is 71.9 Å². The van der Waals surface area contributed by atoms with Crippen molar-refractivity contribution in [1.29, 1.82) is 0 Å². The third-order valence-electron chi connectivity index (χ3n) is 7.41. The van der Waals surface area contributed by atoms with Crippen LogP contribution in [0.5, 0.6) is 0 Å². The predicted octanol–water partition coefficient (Wildman–Crippen LogP) is 4.05. The Morgan fingerprint density at radius 3 is 1.96 bits per heavy atom. The average Bonchev–Trinajstić information content (AvgIpc) is 3.03. The van der Waals surface area contributed by atoms with Crippen LogP contribution in [0.4, 0.5) is 14.4 Å². The standard InChI is InChI=1S/C35H59N7O9/c1-26(39-32(45)46)19-24-42(25-27-17-11-10-12-18-27)23-16-15-21-37-30(44)28(50-5)29(43)36-20-13-8-6-7-9-14-22-38-31(40-33(47)48)41-34(49)51-35(2,3)4/h10-12,17-18,26,28,39H,6-9,13-16,19-25H2,1-5H3,(H,36,43)(H,37,44)(H,45,46)(H,47,48)(H2,38,40,41,49). The minimum absolute atomic E-state index is 0.169. The summed E-state index contributed by atoms with van der Waals surface area (Å²) in [6.45, 7) is 10.3. The highest BCUT2D eigenvalue weighted by Crippen LogP contribution is 2.09. The molecule has 2 atom stereocenters. The first kappa shape index (κ1) is 44.6. The maximum Gasteiger partial charge on any atom is 0.414 e.